The second-order valence-electron chi connectivity index (χ2n) is 4.56. The summed E-state index contributed by atoms with van der Waals surface area (Å²) >= 11 is 5.85. The highest BCUT2D eigenvalue weighted by Crippen LogP contribution is 2.19. The van der Waals surface area contributed by atoms with Crippen LogP contribution in [0.25, 0.3) is 11.4 Å². The number of anilines is 1. The smallest absolute Gasteiger partial charge is 0.246 e. The van der Waals surface area contributed by atoms with Crippen molar-refractivity contribution >= 4 is 17.3 Å². The van der Waals surface area contributed by atoms with E-state index in [1.807, 2.05) is 24.3 Å². The van der Waals surface area contributed by atoms with E-state index in [2.05, 4.69) is 21.5 Å². The molecule has 22 heavy (non-hydrogen) atoms. The number of nitriles is 1. The second-order valence-corrected chi connectivity index (χ2v) is 5.00. The lowest BCUT2D eigenvalue weighted by Gasteiger charge is -2.02. The van der Waals surface area contributed by atoms with Gasteiger partial charge in [0.1, 0.15) is 0 Å². The van der Waals surface area contributed by atoms with Crippen LogP contribution >= 0.6 is 11.6 Å². The third kappa shape index (κ3) is 3.25. The van der Waals surface area contributed by atoms with Gasteiger partial charge in [-0.1, -0.05) is 16.8 Å². The summed E-state index contributed by atoms with van der Waals surface area (Å²) in [4.78, 5) is 4.32. The lowest BCUT2D eigenvalue weighted by Crippen LogP contribution is -1.99. The molecule has 108 valence electrons. The molecule has 0 fully saturated rings. The minimum Gasteiger partial charge on any atom is -0.376 e. The zero-order valence-electron chi connectivity index (χ0n) is 11.5. The fourth-order valence-electron chi connectivity index (χ4n) is 1.88. The van der Waals surface area contributed by atoms with Crippen molar-refractivity contribution in [3.63, 3.8) is 0 Å². The molecule has 0 saturated carbocycles. The minimum atomic E-state index is 0.409. The van der Waals surface area contributed by atoms with Crippen molar-refractivity contribution in [3.8, 4) is 17.5 Å². The van der Waals surface area contributed by atoms with Gasteiger partial charge in [0.25, 0.3) is 0 Å². The molecule has 6 heteroatoms. The molecule has 0 aliphatic carbocycles. The van der Waals surface area contributed by atoms with Crippen LogP contribution in [0.5, 0.6) is 0 Å². The number of benzene rings is 2. The van der Waals surface area contributed by atoms with Crippen LogP contribution in [0.3, 0.4) is 0 Å². The molecule has 0 unspecified atom stereocenters. The maximum atomic E-state index is 8.75. The maximum absolute atomic E-state index is 8.75. The van der Waals surface area contributed by atoms with Crippen molar-refractivity contribution in [2.45, 2.75) is 6.54 Å². The number of hydrogen-bond donors (Lipinski definition) is 1. The van der Waals surface area contributed by atoms with Gasteiger partial charge < -0.3 is 9.84 Å². The third-order valence-corrected chi connectivity index (χ3v) is 3.28. The first-order valence-electron chi connectivity index (χ1n) is 6.57. The van der Waals surface area contributed by atoms with Crippen molar-refractivity contribution < 1.29 is 4.52 Å². The number of rotatable bonds is 4. The Kier molecular flexibility index (Phi) is 4.03. The molecule has 5 nitrogen and oxygen atoms in total. The Morgan fingerprint density at radius 2 is 1.82 bits per heavy atom. The van der Waals surface area contributed by atoms with Crippen LogP contribution < -0.4 is 5.32 Å². The average molecular weight is 311 g/mol. The molecule has 0 atom stereocenters. The van der Waals surface area contributed by atoms with Gasteiger partial charge in [-0.3, -0.25) is 0 Å². The molecule has 0 amide bonds. The molecule has 2 aromatic carbocycles. The van der Waals surface area contributed by atoms with Gasteiger partial charge in [0.05, 0.1) is 18.2 Å². The van der Waals surface area contributed by atoms with E-state index in [0.29, 0.717) is 28.8 Å². The molecule has 0 saturated heterocycles. The number of nitrogens with one attached hydrogen (secondary N) is 1. The molecule has 3 rings (SSSR count). The van der Waals surface area contributed by atoms with Crippen LogP contribution in [0.2, 0.25) is 5.02 Å². The highest BCUT2D eigenvalue weighted by atomic mass is 35.5. The predicted molar refractivity (Wildman–Crippen MR) is 83.2 cm³/mol. The van der Waals surface area contributed by atoms with Crippen LogP contribution in [0.15, 0.2) is 53.1 Å². The largest absolute Gasteiger partial charge is 0.376 e. The summed E-state index contributed by atoms with van der Waals surface area (Å²) in [5.41, 5.74) is 2.34. The first-order valence-corrected chi connectivity index (χ1v) is 6.95. The number of nitrogens with zero attached hydrogens (tertiary/aromatic N) is 3. The van der Waals surface area contributed by atoms with Crippen LogP contribution in [-0.2, 0) is 6.54 Å². The van der Waals surface area contributed by atoms with E-state index in [0.717, 1.165) is 11.3 Å². The van der Waals surface area contributed by atoms with Gasteiger partial charge in [-0.05, 0) is 48.5 Å². The summed E-state index contributed by atoms with van der Waals surface area (Å²) in [6.45, 7) is 0.409. The molecule has 3 aromatic rings. The van der Waals surface area contributed by atoms with Gasteiger partial charge in [0.2, 0.25) is 11.7 Å². The lowest BCUT2D eigenvalue weighted by molar-refractivity contribution is 0.384. The highest BCUT2D eigenvalue weighted by Gasteiger charge is 2.08. The summed E-state index contributed by atoms with van der Waals surface area (Å²) in [5.74, 6) is 1.00. The van der Waals surface area contributed by atoms with Crippen molar-refractivity contribution in [3.05, 3.63) is 65.0 Å². The molecule has 1 N–H and O–H groups in total. The zero-order valence-corrected chi connectivity index (χ0v) is 12.2. The monoisotopic (exact) mass is 310 g/mol. The fourth-order valence-corrected chi connectivity index (χ4v) is 2.01. The quantitative estimate of drug-likeness (QED) is 0.791. The second kappa shape index (κ2) is 6.29. The van der Waals surface area contributed by atoms with Crippen LogP contribution in [-0.4, -0.2) is 10.1 Å². The molecule has 1 aromatic heterocycles. The van der Waals surface area contributed by atoms with Gasteiger partial charge in [0.15, 0.2) is 0 Å². The Morgan fingerprint density at radius 1 is 1.09 bits per heavy atom. The van der Waals surface area contributed by atoms with E-state index < -0.39 is 0 Å². The van der Waals surface area contributed by atoms with Crippen molar-refractivity contribution in [2.24, 2.45) is 0 Å². The van der Waals surface area contributed by atoms with Gasteiger partial charge in [-0.25, -0.2) is 0 Å². The molecule has 0 aliphatic heterocycles. The van der Waals surface area contributed by atoms with Gasteiger partial charge in [0, 0.05) is 16.3 Å². The van der Waals surface area contributed by atoms with E-state index >= 15 is 0 Å². The summed E-state index contributed by atoms with van der Waals surface area (Å²) in [5, 5.41) is 16.5. The lowest BCUT2D eigenvalue weighted by atomic mass is 10.2. The molecule has 0 bridgehead atoms. The van der Waals surface area contributed by atoms with Crippen molar-refractivity contribution in [1.82, 2.24) is 10.1 Å². The van der Waals surface area contributed by atoms with Gasteiger partial charge >= 0.3 is 0 Å². The minimum absolute atomic E-state index is 0.409. The summed E-state index contributed by atoms with van der Waals surface area (Å²) in [7, 11) is 0. The standard InChI is InChI=1S/C16H11ClN4O/c17-13-5-3-12(4-6-13)16-20-15(22-21-16)10-19-14-7-1-11(9-18)2-8-14/h1-8,19H,10H2. The van der Waals surface area contributed by atoms with Crippen molar-refractivity contribution in [2.75, 3.05) is 5.32 Å². The van der Waals surface area contributed by atoms with Gasteiger partial charge in [-0.2, -0.15) is 10.2 Å². The number of aromatic nitrogens is 2. The molecule has 0 radical (unpaired) electrons. The zero-order chi connectivity index (χ0) is 15.4. The Hall–Kier alpha value is -2.84. The van der Waals surface area contributed by atoms with E-state index in [1.165, 1.54) is 0 Å². The predicted octanol–water partition coefficient (Wildman–Crippen LogP) is 3.87. The highest BCUT2D eigenvalue weighted by molar-refractivity contribution is 6.30. The first-order chi connectivity index (χ1) is 10.7. The summed E-state index contributed by atoms with van der Waals surface area (Å²) in [6.07, 6.45) is 0. The van der Waals surface area contributed by atoms with E-state index in [-0.39, 0.29) is 0 Å². The topological polar surface area (TPSA) is 74.7 Å². The number of halogens is 1. The van der Waals surface area contributed by atoms with Crippen LogP contribution in [0, 0.1) is 11.3 Å². The number of hydrogen-bond acceptors (Lipinski definition) is 5. The van der Waals surface area contributed by atoms with Crippen molar-refractivity contribution in [1.29, 1.82) is 5.26 Å². The third-order valence-electron chi connectivity index (χ3n) is 3.03. The summed E-state index contributed by atoms with van der Waals surface area (Å²) < 4.78 is 5.21. The van der Waals surface area contributed by atoms with E-state index in [9.17, 15) is 0 Å². The Labute approximate surface area is 132 Å². The molecule has 1 heterocycles. The van der Waals surface area contributed by atoms with E-state index in [1.54, 1.807) is 24.3 Å². The molecular weight excluding hydrogens is 300 g/mol. The molecule has 0 spiro atoms. The average Bonchev–Trinajstić information content (AvgIpc) is 3.03. The Balaban J connectivity index is 1.66. The normalized spacial score (nSPS) is 10.2. The Morgan fingerprint density at radius 3 is 2.50 bits per heavy atom. The molecule has 0 aliphatic rings. The van der Waals surface area contributed by atoms with E-state index in [4.69, 9.17) is 21.4 Å². The van der Waals surface area contributed by atoms with Crippen LogP contribution in [0.4, 0.5) is 5.69 Å². The maximum Gasteiger partial charge on any atom is 0.246 e. The molecular formula is C16H11ClN4O. The summed E-state index contributed by atoms with van der Waals surface area (Å²) in [6, 6.07) is 16.5. The Bertz CT molecular complexity index is 803. The van der Waals surface area contributed by atoms with Gasteiger partial charge in [-0.15, -0.1) is 0 Å². The SMILES string of the molecule is N#Cc1ccc(NCc2nc(-c3ccc(Cl)cc3)no2)cc1. The fraction of sp³-hybridized carbons (Fsp3) is 0.0625. The first kappa shape index (κ1) is 14.1. The van der Waals surface area contributed by atoms with Crippen LogP contribution in [0.1, 0.15) is 11.5 Å².